The molecule has 7 nitrogen and oxygen atoms in total. The Morgan fingerprint density at radius 1 is 1.37 bits per heavy atom. The van der Waals surface area contributed by atoms with Crippen molar-refractivity contribution in [2.75, 3.05) is 39.3 Å². The number of hydrogen-bond donors (Lipinski definition) is 1. The maximum absolute atomic E-state index is 12.9. The normalized spacial score (nSPS) is 21.3. The number of amides is 2. The molecule has 1 atom stereocenters. The van der Waals surface area contributed by atoms with E-state index in [-0.39, 0.29) is 29.9 Å². The summed E-state index contributed by atoms with van der Waals surface area (Å²) in [7, 11) is 0. The summed E-state index contributed by atoms with van der Waals surface area (Å²) in [5.41, 5.74) is -0.00552. The van der Waals surface area contributed by atoms with Crippen LogP contribution in [0.5, 0.6) is 5.88 Å². The van der Waals surface area contributed by atoms with E-state index in [0.29, 0.717) is 32.6 Å². The Bertz CT molecular complexity index is 698. The molecule has 0 aromatic carbocycles. The fourth-order valence-electron chi connectivity index (χ4n) is 3.39. The summed E-state index contributed by atoms with van der Waals surface area (Å²) in [4.78, 5) is 32.1. The molecule has 0 radical (unpaired) electrons. The van der Waals surface area contributed by atoms with Gasteiger partial charge in [-0.3, -0.25) is 9.59 Å². The summed E-state index contributed by atoms with van der Waals surface area (Å²) in [6.07, 6.45) is -1.73. The van der Waals surface area contributed by atoms with Gasteiger partial charge in [0.25, 0.3) is 5.91 Å². The summed E-state index contributed by atoms with van der Waals surface area (Å²) < 4.78 is 42.0. The zero-order valence-corrected chi connectivity index (χ0v) is 14.7. The van der Waals surface area contributed by atoms with Crippen LogP contribution in [-0.2, 0) is 4.79 Å². The van der Waals surface area contributed by atoms with Crippen LogP contribution in [0.1, 0.15) is 23.2 Å². The molecule has 2 saturated heterocycles. The van der Waals surface area contributed by atoms with Gasteiger partial charge in [0.15, 0.2) is 6.61 Å². The van der Waals surface area contributed by atoms with E-state index >= 15 is 0 Å². The fourth-order valence-corrected chi connectivity index (χ4v) is 3.39. The zero-order valence-electron chi connectivity index (χ0n) is 14.7. The van der Waals surface area contributed by atoms with Gasteiger partial charge in [0.05, 0.1) is 6.54 Å². The summed E-state index contributed by atoms with van der Waals surface area (Å²) in [6.45, 7) is 0.874. The van der Waals surface area contributed by atoms with Crippen molar-refractivity contribution in [3.63, 3.8) is 0 Å². The van der Waals surface area contributed by atoms with Crippen LogP contribution in [0.4, 0.5) is 13.2 Å². The van der Waals surface area contributed by atoms with Crippen LogP contribution >= 0.6 is 0 Å². The lowest BCUT2D eigenvalue weighted by Crippen LogP contribution is -2.57. The molecule has 0 bridgehead atoms. The monoisotopic (exact) mass is 386 g/mol. The van der Waals surface area contributed by atoms with Crippen LogP contribution in [0.15, 0.2) is 18.3 Å². The molecule has 27 heavy (non-hydrogen) atoms. The second-order valence-electron chi connectivity index (χ2n) is 6.57. The predicted molar refractivity (Wildman–Crippen MR) is 89.3 cm³/mol. The van der Waals surface area contributed by atoms with Gasteiger partial charge in [0.2, 0.25) is 11.8 Å². The van der Waals surface area contributed by atoms with Gasteiger partial charge in [-0.1, -0.05) is 0 Å². The lowest BCUT2D eigenvalue weighted by atomic mass is 10.0. The first kappa shape index (κ1) is 19.4. The number of halogens is 3. The average molecular weight is 386 g/mol. The highest BCUT2D eigenvalue weighted by Crippen LogP contribution is 2.24. The van der Waals surface area contributed by atoms with Gasteiger partial charge in [0.1, 0.15) is 5.56 Å². The second kappa shape index (κ2) is 8.12. The molecule has 0 saturated carbocycles. The quantitative estimate of drug-likeness (QED) is 0.838. The molecule has 2 aliphatic heterocycles. The number of nitrogens with one attached hydrogen (secondary N) is 1. The lowest BCUT2D eigenvalue weighted by molar-refractivity contribution is -0.154. The molecule has 0 spiro atoms. The van der Waals surface area contributed by atoms with Crippen molar-refractivity contribution in [1.29, 1.82) is 0 Å². The molecule has 3 rings (SSSR count). The molecule has 3 heterocycles. The van der Waals surface area contributed by atoms with E-state index in [2.05, 4.69) is 10.3 Å². The van der Waals surface area contributed by atoms with Crippen molar-refractivity contribution >= 4 is 11.8 Å². The zero-order chi connectivity index (χ0) is 19.4. The number of carbonyl (C=O) groups excluding carboxylic acids is 2. The second-order valence-corrected chi connectivity index (χ2v) is 6.57. The van der Waals surface area contributed by atoms with Crippen molar-refractivity contribution in [1.82, 2.24) is 20.1 Å². The number of ether oxygens (including phenoxy) is 1. The number of aromatic nitrogens is 1. The summed E-state index contributed by atoms with van der Waals surface area (Å²) in [5, 5.41) is 3.01. The molecule has 1 unspecified atom stereocenters. The molecule has 2 aliphatic rings. The first-order chi connectivity index (χ1) is 12.8. The molecule has 1 aromatic heterocycles. The number of alkyl halides is 3. The van der Waals surface area contributed by atoms with Crippen molar-refractivity contribution in [3.05, 3.63) is 23.9 Å². The van der Waals surface area contributed by atoms with Crippen LogP contribution in [0, 0.1) is 0 Å². The Labute approximate surface area is 154 Å². The Kier molecular flexibility index (Phi) is 5.83. The third kappa shape index (κ3) is 4.88. The Balaban J connectivity index is 1.71. The number of nitrogens with zero attached hydrogens (tertiary/aromatic N) is 3. The van der Waals surface area contributed by atoms with Gasteiger partial charge in [-0.15, -0.1) is 0 Å². The number of rotatable bonds is 4. The van der Waals surface area contributed by atoms with Crippen LogP contribution in [0.2, 0.25) is 0 Å². The molecule has 0 aliphatic carbocycles. The van der Waals surface area contributed by atoms with Gasteiger partial charge in [-0.05, 0) is 25.0 Å². The third-order valence-electron chi connectivity index (χ3n) is 4.62. The van der Waals surface area contributed by atoms with Gasteiger partial charge < -0.3 is 19.9 Å². The summed E-state index contributed by atoms with van der Waals surface area (Å²) >= 11 is 0. The number of hydrogen-bond acceptors (Lipinski definition) is 5. The van der Waals surface area contributed by atoms with Gasteiger partial charge in [-0.2, -0.15) is 13.2 Å². The maximum atomic E-state index is 12.9. The van der Waals surface area contributed by atoms with Crippen molar-refractivity contribution in [2.24, 2.45) is 0 Å². The van der Waals surface area contributed by atoms with Crippen molar-refractivity contribution in [3.8, 4) is 5.88 Å². The molecule has 148 valence electrons. The molecular weight excluding hydrogens is 365 g/mol. The molecule has 10 heteroatoms. The molecule has 1 N–H and O–H groups in total. The van der Waals surface area contributed by atoms with E-state index in [1.807, 2.05) is 0 Å². The summed E-state index contributed by atoms with van der Waals surface area (Å²) in [6, 6.07) is 2.80. The van der Waals surface area contributed by atoms with Crippen molar-refractivity contribution < 1.29 is 27.5 Å². The van der Waals surface area contributed by atoms with Crippen LogP contribution in [0.3, 0.4) is 0 Å². The smallest absolute Gasteiger partial charge is 0.422 e. The topological polar surface area (TPSA) is 74.8 Å². The van der Waals surface area contributed by atoms with Crippen molar-refractivity contribution in [2.45, 2.75) is 25.1 Å². The fraction of sp³-hybridized carbons (Fsp3) is 0.588. The van der Waals surface area contributed by atoms with E-state index in [9.17, 15) is 22.8 Å². The lowest BCUT2D eigenvalue weighted by Gasteiger charge is -2.41. The number of piperidine rings is 1. The number of pyridine rings is 1. The first-order valence-electron chi connectivity index (χ1n) is 8.79. The minimum absolute atomic E-state index is 0.00359. The Hall–Kier alpha value is -2.36. The Morgan fingerprint density at radius 3 is 2.93 bits per heavy atom. The number of carbonyl (C=O) groups is 2. The summed E-state index contributed by atoms with van der Waals surface area (Å²) in [5.74, 6) is -0.774. The van der Waals surface area contributed by atoms with E-state index in [0.717, 1.165) is 6.42 Å². The van der Waals surface area contributed by atoms with Gasteiger partial charge >= 0.3 is 6.18 Å². The van der Waals surface area contributed by atoms with Crippen LogP contribution in [0.25, 0.3) is 0 Å². The van der Waals surface area contributed by atoms with Crippen LogP contribution in [-0.4, -0.2) is 78.1 Å². The molecule has 2 amide bonds. The van der Waals surface area contributed by atoms with E-state index in [4.69, 9.17) is 4.74 Å². The highest BCUT2D eigenvalue weighted by molar-refractivity contribution is 5.96. The predicted octanol–water partition coefficient (Wildman–Crippen LogP) is 1.06. The standard InChI is InChI=1S/C17H21F3N4O3/c18-17(19,20)11-27-15-13(4-1-5-22-15)16(26)23-7-2-3-12(10-23)24-8-6-21-9-14(24)25/h1,4-5,12,21H,2-3,6-11H2. The molecular formula is C17H21F3N4O3. The van der Waals surface area contributed by atoms with E-state index in [1.165, 1.54) is 18.3 Å². The molecule has 2 fully saturated rings. The number of likely N-dealkylation sites (tertiary alicyclic amines) is 1. The highest BCUT2D eigenvalue weighted by Gasteiger charge is 2.34. The minimum Gasteiger partial charge on any atom is -0.467 e. The largest absolute Gasteiger partial charge is 0.467 e. The molecule has 1 aromatic rings. The van der Waals surface area contributed by atoms with Gasteiger partial charge in [0, 0.05) is 38.4 Å². The van der Waals surface area contributed by atoms with E-state index in [1.54, 1.807) is 9.80 Å². The Morgan fingerprint density at radius 2 is 2.19 bits per heavy atom. The van der Waals surface area contributed by atoms with Crippen LogP contribution < -0.4 is 10.1 Å². The first-order valence-corrected chi connectivity index (χ1v) is 8.79. The maximum Gasteiger partial charge on any atom is 0.422 e. The number of piperazine rings is 1. The average Bonchev–Trinajstić information content (AvgIpc) is 2.66. The van der Waals surface area contributed by atoms with E-state index < -0.39 is 18.7 Å². The van der Waals surface area contributed by atoms with Gasteiger partial charge in [-0.25, -0.2) is 4.98 Å². The highest BCUT2D eigenvalue weighted by atomic mass is 19.4. The minimum atomic E-state index is -4.52. The SMILES string of the molecule is O=C(c1cccnc1OCC(F)(F)F)N1CCCC(N2CCNCC2=O)C1. The third-order valence-corrected chi connectivity index (χ3v) is 4.62.